The molecule has 3 heterocycles. The molecule has 0 radical (unpaired) electrons. The van der Waals surface area contributed by atoms with E-state index in [-0.39, 0.29) is 5.41 Å². The number of rotatable bonds is 4. The molecule has 6 aromatic carbocycles. The molecule has 1 aromatic heterocycles. The molecule has 3 nitrogen and oxygen atoms in total. The number of benzene rings is 6. The van der Waals surface area contributed by atoms with E-state index in [1.165, 1.54) is 44.8 Å². The van der Waals surface area contributed by atoms with Crippen LogP contribution in [-0.2, 0) is 10.8 Å². The molecule has 0 fully saturated rings. The smallest absolute Gasteiger partial charge is 0.0743 e. The Morgan fingerprint density at radius 3 is 1.31 bits per heavy atom. The van der Waals surface area contributed by atoms with Gasteiger partial charge in [0.05, 0.1) is 34.4 Å². The summed E-state index contributed by atoms with van der Waals surface area (Å²) in [7, 11) is 0. The zero-order chi connectivity index (χ0) is 32.3. The van der Waals surface area contributed by atoms with Crippen LogP contribution >= 0.6 is 0 Å². The third kappa shape index (κ3) is 3.97. The molecule has 0 saturated heterocycles. The normalized spacial score (nSPS) is 15.1. The summed E-state index contributed by atoms with van der Waals surface area (Å²) in [6, 6.07) is 59.5. The molecule has 0 N–H and O–H groups in total. The number of para-hydroxylation sites is 3. The van der Waals surface area contributed by atoms with Crippen LogP contribution in [0.2, 0.25) is 0 Å². The number of hydrogen-bond donors (Lipinski definition) is 0. The third-order valence-electron chi connectivity index (χ3n) is 10.4. The molecular formula is C45H35N3. The van der Waals surface area contributed by atoms with Gasteiger partial charge in [-0.2, -0.15) is 0 Å². The van der Waals surface area contributed by atoms with E-state index in [0.717, 1.165) is 22.7 Å². The zero-order valence-electron chi connectivity index (χ0n) is 27.1. The first-order valence-corrected chi connectivity index (χ1v) is 16.6. The molecular weight excluding hydrogens is 583 g/mol. The maximum atomic E-state index is 4.70. The van der Waals surface area contributed by atoms with Crippen molar-refractivity contribution in [3.05, 3.63) is 210 Å². The SMILES string of the molecule is CC1(C)c2ccccc2N(c2ccc(N3c4ccccc4C(c4ccccc4)(c4ccccc4)c4ccncc43)cc2)c2ccccc21. The highest BCUT2D eigenvalue weighted by Gasteiger charge is 2.46. The Bertz CT molecular complexity index is 2130. The van der Waals surface area contributed by atoms with Gasteiger partial charge in [0.1, 0.15) is 0 Å². The van der Waals surface area contributed by atoms with Crippen LogP contribution in [0.4, 0.5) is 34.1 Å². The van der Waals surface area contributed by atoms with E-state index in [2.05, 4.69) is 187 Å². The molecule has 3 heteroatoms. The van der Waals surface area contributed by atoms with Crippen LogP contribution in [0, 0.1) is 0 Å². The van der Waals surface area contributed by atoms with Crippen LogP contribution < -0.4 is 9.80 Å². The molecule has 2 aliphatic rings. The summed E-state index contributed by atoms with van der Waals surface area (Å²) in [6.45, 7) is 4.66. The Labute approximate surface area is 282 Å². The second kappa shape index (κ2) is 10.8. The molecule has 9 rings (SSSR count). The first kappa shape index (κ1) is 28.3. The molecule has 7 aromatic rings. The van der Waals surface area contributed by atoms with Gasteiger partial charge >= 0.3 is 0 Å². The van der Waals surface area contributed by atoms with E-state index < -0.39 is 5.41 Å². The fourth-order valence-corrected chi connectivity index (χ4v) is 8.28. The maximum Gasteiger partial charge on any atom is 0.0743 e. The summed E-state index contributed by atoms with van der Waals surface area (Å²) in [5, 5.41) is 0. The van der Waals surface area contributed by atoms with Crippen LogP contribution in [0.1, 0.15) is 47.2 Å². The second-order valence-electron chi connectivity index (χ2n) is 13.2. The summed E-state index contributed by atoms with van der Waals surface area (Å²) >= 11 is 0. The molecule has 0 saturated carbocycles. The summed E-state index contributed by atoms with van der Waals surface area (Å²) < 4.78 is 0. The Kier molecular flexibility index (Phi) is 6.38. The minimum Gasteiger partial charge on any atom is -0.310 e. The van der Waals surface area contributed by atoms with Gasteiger partial charge in [-0.25, -0.2) is 0 Å². The fraction of sp³-hybridized carbons (Fsp3) is 0.0889. The standard InChI is InChI=1S/C45H35N3/c1-44(2)36-19-9-12-22-40(36)47(41-23-13-10-20-37(41)44)34-25-27-35(28-26-34)48-42-24-14-11-21-38(42)45(32-15-5-3-6-16-32,33-17-7-4-8-18-33)39-29-30-46-31-43(39)48/h3-31H,1-2H3. The van der Waals surface area contributed by atoms with Crippen LogP contribution in [0.3, 0.4) is 0 Å². The molecule has 230 valence electrons. The van der Waals surface area contributed by atoms with Crippen LogP contribution in [-0.4, -0.2) is 4.98 Å². The summed E-state index contributed by atoms with van der Waals surface area (Å²) in [5.74, 6) is 0. The minimum atomic E-state index is -0.512. The highest BCUT2D eigenvalue weighted by molar-refractivity contribution is 5.91. The molecule has 0 bridgehead atoms. The van der Waals surface area contributed by atoms with Gasteiger partial charge < -0.3 is 9.80 Å². The van der Waals surface area contributed by atoms with E-state index in [0.29, 0.717) is 0 Å². The Hall–Kier alpha value is -5.93. The molecule has 0 aliphatic carbocycles. The van der Waals surface area contributed by atoms with Crippen molar-refractivity contribution in [3.8, 4) is 0 Å². The van der Waals surface area contributed by atoms with Crippen molar-refractivity contribution in [1.29, 1.82) is 0 Å². The lowest BCUT2D eigenvalue weighted by atomic mass is 9.62. The summed E-state index contributed by atoms with van der Waals surface area (Å²) in [5.41, 5.74) is 13.9. The van der Waals surface area contributed by atoms with Gasteiger partial charge in [0.25, 0.3) is 0 Å². The predicted octanol–water partition coefficient (Wildman–Crippen LogP) is 11.4. The van der Waals surface area contributed by atoms with Crippen molar-refractivity contribution in [2.75, 3.05) is 9.80 Å². The zero-order valence-corrected chi connectivity index (χ0v) is 27.1. The van der Waals surface area contributed by atoms with Crippen molar-refractivity contribution in [2.45, 2.75) is 24.7 Å². The lowest BCUT2D eigenvalue weighted by molar-refractivity contribution is 0.632. The van der Waals surface area contributed by atoms with Crippen molar-refractivity contribution < 1.29 is 0 Å². The largest absolute Gasteiger partial charge is 0.310 e. The first-order chi connectivity index (χ1) is 23.6. The number of nitrogens with zero attached hydrogens (tertiary/aromatic N) is 3. The van der Waals surface area contributed by atoms with Gasteiger partial charge in [-0.05, 0) is 81.9 Å². The molecule has 48 heavy (non-hydrogen) atoms. The highest BCUT2D eigenvalue weighted by atomic mass is 15.2. The Morgan fingerprint density at radius 1 is 0.396 bits per heavy atom. The van der Waals surface area contributed by atoms with E-state index >= 15 is 0 Å². The van der Waals surface area contributed by atoms with Gasteiger partial charge in [0.15, 0.2) is 0 Å². The summed E-state index contributed by atoms with van der Waals surface area (Å²) in [6.07, 6.45) is 3.96. The van der Waals surface area contributed by atoms with Crippen LogP contribution in [0.15, 0.2) is 176 Å². The van der Waals surface area contributed by atoms with E-state index in [1.54, 1.807) is 0 Å². The van der Waals surface area contributed by atoms with Gasteiger partial charge in [-0.3, -0.25) is 4.98 Å². The second-order valence-corrected chi connectivity index (χ2v) is 13.2. The third-order valence-corrected chi connectivity index (χ3v) is 10.4. The van der Waals surface area contributed by atoms with Gasteiger partial charge in [0, 0.05) is 23.0 Å². The number of aromatic nitrogens is 1. The van der Waals surface area contributed by atoms with E-state index in [1.807, 2.05) is 12.4 Å². The topological polar surface area (TPSA) is 19.4 Å². The Balaban J connectivity index is 1.23. The first-order valence-electron chi connectivity index (χ1n) is 16.6. The monoisotopic (exact) mass is 617 g/mol. The molecule has 0 amide bonds. The molecule has 2 aliphatic heterocycles. The van der Waals surface area contributed by atoms with Crippen molar-refractivity contribution in [2.24, 2.45) is 0 Å². The van der Waals surface area contributed by atoms with Crippen molar-refractivity contribution >= 4 is 34.1 Å². The molecule has 0 unspecified atom stereocenters. The number of hydrogen-bond acceptors (Lipinski definition) is 3. The van der Waals surface area contributed by atoms with E-state index in [4.69, 9.17) is 4.98 Å². The lowest BCUT2D eigenvalue weighted by Crippen LogP contribution is -2.37. The van der Waals surface area contributed by atoms with Crippen molar-refractivity contribution in [3.63, 3.8) is 0 Å². The average molecular weight is 618 g/mol. The van der Waals surface area contributed by atoms with Crippen molar-refractivity contribution in [1.82, 2.24) is 4.98 Å². The number of fused-ring (bicyclic) bond motifs is 4. The molecule has 0 atom stereocenters. The van der Waals surface area contributed by atoms with Crippen LogP contribution in [0.25, 0.3) is 0 Å². The van der Waals surface area contributed by atoms with Crippen LogP contribution in [0.5, 0.6) is 0 Å². The number of pyridine rings is 1. The average Bonchev–Trinajstić information content (AvgIpc) is 3.15. The minimum absolute atomic E-state index is 0.0954. The van der Waals surface area contributed by atoms with Gasteiger partial charge in [-0.1, -0.05) is 129 Å². The predicted molar refractivity (Wildman–Crippen MR) is 198 cm³/mol. The molecule has 0 spiro atoms. The number of anilines is 6. The fourth-order valence-electron chi connectivity index (χ4n) is 8.28. The Morgan fingerprint density at radius 2 is 0.792 bits per heavy atom. The van der Waals surface area contributed by atoms with Gasteiger partial charge in [-0.15, -0.1) is 0 Å². The van der Waals surface area contributed by atoms with Gasteiger partial charge in [0.2, 0.25) is 0 Å². The maximum absolute atomic E-state index is 4.70. The van der Waals surface area contributed by atoms with E-state index in [9.17, 15) is 0 Å². The quantitative estimate of drug-likeness (QED) is 0.196. The highest BCUT2D eigenvalue weighted by Crippen LogP contribution is 2.58. The summed E-state index contributed by atoms with van der Waals surface area (Å²) in [4.78, 5) is 9.50. The lowest BCUT2D eigenvalue weighted by Gasteiger charge is -2.46.